The molecule has 1 aromatic rings. The van der Waals surface area contributed by atoms with Crippen LogP contribution in [0.5, 0.6) is 0 Å². The first-order chi connectivity index (χ1) is 8.24. The lowest BCUT2D eigenvalue weighted by Gasteiger charge is -2.25. The maximum Gasteiger partial charge on any atom is 0.0406 e. The lowest BCUT2D eigenvalue weighted by molar-refractivity contribution is 0.244. The van der Waals surface area contributed by atoms with Crippen molar-refractivity contribution >= 4 is 11.6 Å². The Morgan fingerprint density at radius 2 is 1.76 bits per heavy atom. The van der Waals surface area contributed by atoms with Crippen LogP contribution in [-0.2, 0) is 0 Å². The van der Waals surface area contributed by atoms with Crippen LogP contribution in [0.4, 0.5) is 0 Å². The number of benzene rings is 1. The van der Waals surface area contributed by atoms with Gasteiger partial charge in [-0.1, -0.05) is 23.7 Å². The topological polar surface area (TPSA) is 15.3 Å². The van der Waals surface area contributed by atoms with Crippen molar-refractivity contribution < 1.29 is 0 Å². The highest BCUT2D eigenvalue weighted by Crippen LogP contribution is 2.32. The molecule has 2 aliphatic rings. The van der Waals surface area contributed by atoms with Crippen molar-refractivity contribution in [2.75, 3.05) is 26.2 Å². The Kier molecular flexibility index (Phi) is 3.12. The molecule has 3 rings (SSSR count). The highest BCUT2D eigenvalue weighted by Gasteiger charge is 2.37. The number of likely N-dealkylation sites (tertiary alicyclic amines) is 1. The Hall–Kier alpha value is -0.570. The highest BCUT2D eigenvalue weighted by molar-refractivity contribution is 6.30. The van der Waals surface area contributed by atoms with Gasteiger partial charge in [-0.2, -0.15) is 0 Å². The predicted octanol–water partition coefficient (Wildman–Crippen LogP) is 2.55. The van der Waals surface area contributed by atoms with E-state index in [0.29, 0.717) is 6.04 Å². The Balaban J connectivity index is 1.70. The second kappa shape index (κ2) is 4.60. The summed E-state index contributed by atoms with van der Waals surface area (Å²) < 4.78 is 0. The van der Waals surface area contributed by atoms with Gasteiger partial charge in [-0.15, -0.1) is 0 Å². The van der Waals surface area contributed by atoms with E-state index in [4.69, 9.17) is 11.6 Å². The molecule has 2 aliphatic heterocycles. The van der Waals surface area contributed by atoms with Crippen LogP contribution in [0.15, 0.2) is 24.3 Å². The van der Waals surface area contributed by atoms with Crippen molar-refractivity contribution in [3.63, 3.8) is 0 Å². The molecular weight excluding hydrogens is 232 g/mol. The Labute approximate surface area is 108 Å². The van der Waals surface area contributed by atoms with E-state index in [-0.39, 0.29) is 0 Å². The first-order valence-corrected chi connectivity index (χ1v) is 6.82. The summed E-state index contributed by atoms with van der Waals surface area (Å²) in [6, 6.07) is 8.80. The molecule has 1 N–H and O–H groups in total. The lowest BCUT2D eigenvalue weighted by atomic mass is 10.0. The van der Waals surface area contributed by atoms with E-state index in [2.05, 4.69) is 29.3 Å². The molecule has 3 atom stereocenters. The number of hydrogen-bond donors (Lipinski definition) is 1. The summed E-state index contributed by atoms with van der Waals surface area (Å²) in [5.74, 6) is 1.73. The summed E-state index contributed by atoms with van der Waals surface area (Å²) in [6.45, 7) is 7.18. The number of nitrogens with zero attached hydrogens (tertiary/aromatic N) is 1. The number of nitrogens with one attached hydrogen (secondary N) is 1. The molecule has 92 valence electrons. The summed E-state index contributed by atoms with van der Waals surface area (Å²) in [4.78, 5) is 2.61. The first kappa shape index (κ1) is 11.5. The van der Waals surface area contributed by atoms with Crippen LogP contribution in [0.1, 0.15) is 18.5 Å². The third-order valence-electron chi connectivity index (χ3n) is 4.32. The van der Waals surface area contributed by atoms with Gasteiger partial charge >= 0.3 is 0 Å². The fourth-order valence-corrected chi connectivity index (χ4v) is 3.29. The summed E-state index contributed by atoms with van der Waals surface area (Å²) in [5, 5.41) is 4.31. The quantitative estimate of drug-likeness (QED) is 0.868. The van der Waals surface area contributed by atoms with Gasteiger partial charge < -0.3 is 5.32 Å². The van der Waals surface area contributed by atoms with Crippen molar-refractivity contribution in [3.8, 4) is 0 Å². The molecule has 0 radical (unpaired) electrons. The van der Waals surface area contributed by atoms with Gasteiger partial charge in [0.2, 0.25) is 0 Å². The predicted molar refractivity (Wildman–Crippen MR) is 71.3 cm³/mol. The summed E-state index contributed by atoms with van der Waals surface area (Å²) in [5.41, 5.74) is 1.38. The van der Waals surface area contributed by atoms with E-state index in [1.165, 1.54) is 31.7 Å². The number of rotatable bonds is 2. The molecule has 2 fully saturated rings. The molecule has 1 aromatic carbocycles. The molecule has 0 bridgehead atoms. The van der Waals surface area contributed by atoms with Gasteiger partial charge in [0.15, 0.2) is 0 Å². The molecule has 0 aromatic heterocycles. The monoisotopic (exact) mass is 250 g/mol. The van der Waals surface area contributed by atoms with Gasteiger partial charge in [0.1, 0.15) is 0 Å². The molecule has 0 amide bonds. The standard InChI is InChI=1S/C14H19ClN2/c1-10(11-2-4-14(15)5-3-11)17-8-12-6-16-7-13(12)9-17/h2-5,10,12-13,16H,6-9H2,1H3/t10?,12-,13+. The van der Waals surface area contributed by atoms with Crippen LogP contribution in [0.25, 0.3) is 0 Å². The van der Waals surface area contributed by atoms with Crippen LogP contribution in [-0.4, -0.2) is 31.1 Å². The second-order valence-corrected chi connectivity index (χ2v) is 5.80. The molecule has 0 saturated carbocycles. The molecule has 0 spiro atoms. The lowest BCUT2D eigenvalue weighted by Crippen LogP contribution is -2.28. The van der Waals surface area contributed by atoms with E-state index in [1.54, 1.807) is 0 Å². The van der Waals surface area contributed by atoms with Crippen LogP contribution < -0.4 is 5.32 Å². The maximum atomic E-state index is 5.93. The normalized spacial score (nSPS) is 30.5. The zero-order chi connectivity index (χ0) is 11.8. The summed E-state index contributed by atoms with van der Waals surface area (Å²) in [7, 11) is 0. The smallest absolute Gasteiger partial charge is 0.0406 e. The Morgan fingerprint density at radius 3 is 2.35 bits per heavy atom. The van der Waals surface area contributed by atoms with Crippen molar-refractivity contribution in [2.24, 2.45) is 11.8 Å². The zero-order valence-corrected chi connectivity index (χ0v) is 11.0. The third kappa shape index (κ3) is 2.22. The molecule has 0 aliphatic carbocycles. The zero-order valence-electron chi connectivity index (χ0n) is 10.2. The molecule has 1 unspecified atom stereocenters. The van der Waals surface area contributed by atoms with Crippen molar-refractivity contribution in [2.45, 2.75) is 13.0 Å². The number of halogens is 1. The van der Waals surface area contributed by atoms with Crippen LogP contribution in [0.2, 0.25) is 5.02 Å². The fourth-order valence-electron chi connectivity index (χ4n) is 3.16. The van der Waals surface area contributed by atoms with E-state index in [1.807, 2.05) is 12.1 Å². The third-order valence-corrected chi connectivity index (χ3v) is 4.57. The van der Waals surface area contributed by atoms with Crippen LogP contribution in [0, 0.1) is 11.8 Å². The van der Waals surface area contributed by atoms with Crippen molar-refractivity contribution in [1.82, 2.24) is 10.2 Å². The van der Waals surface area contributed by atoms with E-state index in [0.717, 1.165) is 16.9 Å². The molecule has 2 saturated heterocycles. The maximum absolute atomic E-state index is 5.93. The average Bonchev–Trinajstić information content (AvgIpc) is 2.89. The fraction of sp³-hybridized carbons (Fsp3) is 0.571. The Morgan fingerprint density at radius 1 is 1.18 bits per heavy atom. The minimum Gasteiger partial charge on any atom is -0.316 e. The summed E-state index contributed by atoms with van der Waals surface area (Å²) in [6.07, 6.45) is 0. The highest BCUT2D eigenvalue weighted by atomic mass is 35.5. The largest absolute Gasteiger partial charge is 0.316 e. The molecule has 2 heterocycles. The minimum absolute atomic E-state index is 0.512. The molecule has 2 nitrogen and oxygen atoms in total. The molecular formula is C14H19ClN2. The minimum atomic E-state index is 0.512. The number of fused-ring (bicyclic) bond motifs is 1. The average molecular weight is 251 g/mol. The van der Waals surface area contributed by atoms with Gasteiger partial charge in [0.05, 0.1) is 0 Å². The van der Waals surface area contributed by atoms with Gasteiger partial charge in [-0.05, 0) is 49.5 Å². The molecule has 3 heteroatoms. The molecule has 17 heavy (non-hydrogen) atoms. The van der Waals surface area contributed by atoms with E-state index >= 15 is 0 Å². The SMILES string of the molecule is CC(c1ccc(Cl)cc1)N1C[C@H]2CNC[C@H]2C1. The van der Waals surface area contributed by atoms with Gasteiger partial charge in [-0.25, -0.2) is 0 Å². The van der Waals surface area contributed by atoms with Gasteiger partial charge in [0.25, 0.3) is 0 Å². The summed E-state index contributed by atoms with van der Waals surface area (Å²) >= 11 is 5.93. The van der Waals surface area contributed by atoms with E-state index < -0.39 is 0 Å². The van der Waals surface area contributed by atoms with Crippen molar-refractivity contribution in [1.29, 1.82) is 0 Å². The van der Waals surface area contributed by atoms with Crippen LogP contribution >= 0.6 is 11.6 Å². The second-order valence-electron chi connectivity index (χ2n) is 5.36. The van der Waals surface area contributed by atoms with Gasteiger partial charge in [-0.3, -0.25) is 4.90 Å². The van der Waals surface area contributed by atoms with Gasteiger partial charge in [0, 0.05) is 24.2 Å². The van der Waals surface area contributed by atoms with Crippen molar-refractivity contribution in [3.05, 3.63) is 34.9 Å². The first-order valence-electron chi connectivity index (χ1n) is 6.44. The van der Waals surface area contributed by atoms with E-state index in [9.17, 15) is 0 Å². The Bertz CT molecular complexity index is 378. The van der Waals surface area contributed by atoms with Crippen LogP contribution in [0.3, 0.4) is 0 Å². The number of hydrogen-bond acceptors (Lipinski definition) is 2.